The minimum absolute atomic E-state index is 0.108. The second-order valence-corrected chi connectivity index (χ2v) is 6.39. The number of amides is 1. The SMILES string of the molecule is CC(C)N(CCCCCCO)C(=O)Oc1ccccc1I. The predicted molar refractivity (Wildman–Crippen MR) is 92.6 cm³/mol. The molecule has 1 rings (SSSR count). The van der Waals surface area contributed by atoms with Crippen molar-refractivity contribution in [2.75, 3.05) is 13.2 Å². The number of carbonyl (C=O) groups excluding carboxylic acids is 1. The fraction of sp³-hybridized carbons (Fsp3) is 0.562. The highest BCUT2D eigenvalue weighted by atomic mass is 127. The third-order valence-electron chi connectivity index (χ3n) is 3.20. The van der Waals surface area contributed by atoms with E-state index >= 15 is 0 Å². The Kier molecular flexibility index (Phi) is 8.68. The van der Waals surface area contributed by atoms with Crippen molar-refractivity contribution >= 4 is 28.7 Å². The standard InChI is InChI=1S/C16H24INO3/c1-13(2)18(11-7-3-4-8-12-19)16(20)21-15-10-6-5-9-14(15)17/h5-6,9-10,13,19H,3-4,7-8,11-12H2,1-2H3. The topological polar surface area (TPSA) is 49.8 Å². The van der Waals surface area contributed by atoms with Gasteiger partial charge in [-0.25, -0.2) is 4.79 Å². The highest BCUT2D eigenvalue weighted by molar-refractivity contribution is 14.1. The number of halogens is 1. The van der Waals surface area contributed by atoms with Gasteiger partial charge in [-0.05, 0) is 61.4 Å². The van der Waals surface area contributed by atoms with Crippen LogP contribution in [0.25, 0.3) is 0 Å². The van der Waals surface area contributed by atoms with Crippen molar-refractivity contribution < 1.29 is 14.6 Å². The quantitative estimate of drug-likeness (QED) is 0.525. The molecule has 0 aliphatic heterocycles. The minimum atomic E-state index is -0.295. The number of nitrogens with zero attached hydrogens (tertiary/aromatic N) is 1. The zero-order valence-corrected chi connectivity index (χ0v) is 14.9. The largest absolute Gasteiger partial charge is 0.415 e. The summed E-state index contributed by atoms with van der Waals surface area (Å²) in [5, 5.41) is 8.76. The zero-order valence-electron chi connectivity index (χ0n) is 12.7. The van der Waals surface area contributed by atoms with Gasteiger partial charge in [0.2, 0.25) is 0 Å². The summed E-state index contributed by atoms with van der Waals surface area (Å²) < 4.78 is 6.41. The van der Waals surface area contributed by atoms with Crippen LogP contribution in [0.5, 0.6) is 5.75 Å². The normalized spacial score (nSPS) is 10.7. The Balaban J connectivity index is 2.51. The summed E-state index contributed by atoms with van der Waals surface area (Å²) in [5.41, 5.74) is 0. The summed E-state index contributed by atoms with van der Waals surface area (Å²) in [6.45, 7) is 4.91. The third-order valence-corrected chi connectivity index (χ3v) is 4.09. The number of unbranched alkanes of at least 4 members (excludes halogenated alkanes) is 3. The van der Waals surface area contributed by atoms with Crippen molar-refractivity contribution in [2.45, 2.75) is 45.6 Å². The fourth-order valence-corrected chi connectivity index (χ4v) is 2.49. The van der Waals surface area contributed by atoms with Gasteiger partial charge in [0.15, 0.2) is 0 Å². The van der Waals surface area contributed by atoms with Gasteiger partial charge in [0.25, 0.3) is 0 Å². The lowest BCUT2D eigenvalue weighted by atomic mass is 10.2. The molecule has 0 bridgehead atoms. The maximum absolute atomic E-state index is 12.3. The Morgan fingerprint density at radius 2 is 1.90 bits per heavy atom. The number of ether oxygens (including phenoxy) is 1. The number of aliphatic hydroxyl groups is 1. The van der Waals surface area contributed by atoms with Crippen LogP contribution in [0, 0.1) is 3.57 Å². The number of aliphatic hydroxyl groups excluding tert-OH is 1. The van der Waals surface area contributed by atoms with E-state index in [1.54, 1.807) is 11.0 Å². The van der Waals surface area contributed by atoms with E-state index in [0.29, 0.717) is 12.3 Å². The summed E-state index contributed by atoms with van der Waals surface area (Å²) in [5.74, 6) is 0.606. The number of carbonyl (C=O) groups is 1. The highest BCUT2D eigenvalue weighted by Crippen LogP contribution is 2.21. The molecule has 4 nitrogen and oxygen atoms in total. The van der Waals surface area contributed by atoms with E-state index in [4.69, 9.17) is 9.84 Å². The molecular formula is C16H24INO3. The Bertz CT molecular complexity index is 437. The van der Waals surface area contributed by atoms with Crippen molar-refractivity contribution in [1.29, 1.82) is 0 Å². The van der Waals surface area contributed by atoms with E-state index in [0.717, 1.165) is 29.3 Å². The van der Waals surface area contributed by atoms with E-state index < -0.39 is 0 Å². The van der Waals surface area contributed by atoms with Crippen LogP contribution in [-0.4, -0.2) is 35.3 Å². The number of hydrogen-bond acceptors (Lipinski definition) is 3. The molecule has 1 amide bonds. The van der Waals surface area contributed by atoms with Crippen LogP contribution in [0.3, 0.4) is 0 Å². The Labute approximate surface area is 140 Å². The van der Waals surface area contributed by atoms with E-state index in [1.807, 2.05) is 32.0 Å². The van der Waals surface area contributed by atoms with Gasteiger partial charge in [-0.1, -0.05) is 25.0 Å². The second-order valence-electron chi connectivity index (χ2n) is 5.22. The first-order valence-electron chi connectivity index (χ1n) is 7.40. The minimum Gasteiger partial charge on any atom is -0.409 e. The highest BCUT2D eigenvalue weighted by Gasteiger charge is 2.19. The molecular weight excluding hydrogens is 381 g/mol. The monoisotopic (exact) mass is 405 g/mol. The summed E-state index contributed by atoms with van der Waals surface area (Å²) >= 11 is 2.16. The molecule has 1 aromatic rings. The van der Waals surface area contributed by atoms with E-state index in [9.17, 15) is 4.79 Å². The van der Waals surface area contributed by atoms with Gasteiger partial charge in [0.1, 0.15) is 5.75 Å². The smallest absolute Gasteiger partial charge is 0.409 e. The summed E-state index contributed by atoms with van der Waals surface area (Å²) in [6, 6.07) is 7.61. The van der Waals surface area contributed by atoms with Gasteiger partial charge in [-0.3, -0.25) is 0 Å². The van der Waals surface area contributed by atoms with Crippen LogP contribution in [0.1, 0.15) is 39.5 Å². The molecule has 0 unspecified atom stereocenters. The molecule has 21 heavy (non-hydrogen) atoms. The molecule has 1 aromatic carbocycles. The van der Waals surface area contributed by atoms with Gasteiger partial charge in [0.05, 0.1) is 3.57 Å². The molecule has 0 aliphatic carbocycles. The van der Waals surface area contributed by atoms with Crippen LogP contribution in [0.15, 0.2) is 24.3 Å². The van der Waals surface area contributed by atoms with E-state index in [2.05, 4.69) is 22.6 Å². The molecule has 0 fully saturated rings. The average molecular weight is 405 g/mol. The van der Waals surface area contributed by atoms with E-state index in [-0.39, 0.29) is 18.7 Å². The Morgan fingerprint density at radius 1 is 1.24 bits per heavy atom. The lowest BCUT2D eigenvalue weighted by molar-refractivity contribution is 0.137. The number of rotatable bonds is 8. The molecule has 0 aliphatic rings. The summed E-state index contributed by atoms with van der Waals surface area (Å²) in [7, 11) is 0. The van der Waals surface area contributed by atoms with Crippen LogP contribution in [0.4, 0.5) is 4.79 Å². The average Bonchev–Trinajstić information content (AvgIpc) is 2.44. The number of benzene rings is 1. The molecule has 5 heteroatoms. The lowest BCUT2D eigenvalue weighted by Gasteiger charge is -2.26. The fourth-order valence-electron chi connectivity index (χ4n) is 1.99. The van der Waals surface area contributed by atoms with Gasteiger partial charge >= 0.3 is 6.09 Å². The first-order chi connectivity index (χ1) is 10.1. The van der Waals surface area contributed by atoms with Crippen molar-refractivity contribution in [3.63, 3.8) is 0 Å². The third kappa shape index (κ3) is 6.65. The van der Waals surface area contributed by atoms with Crippen LogP contribution in [-0.2, 0) is 0 Å². The van der Waals surface area contributed by atoms with E-state index in [1.165, 1.54) is 0 Å². The van der Waals surface area contributed by atoms with Gasteiger partial charge in [-0.2, -0.15) is 0 Å². The van der Waals surface area contributed by atoms with Crippen LogP contribution < -0.4 is 4.74 Å². The van der Waals surface area contributed by atoms with Crippen LogP contribution in [0.2, 0.25) is 0 Å². The molecule has 0 saturated carbocycles. The van der Waals surface area contributed by atoms with Crippen molar-refractivity contribution in [1.82, 2.24) is 4.90 Å². The molecule has 0 spiro atoms. The molecule has 0 saturated heterocycles. The summed E-state index contributed by atoms with van der Waals surface area (Å²) in [6.07, 6.45) is 3.47. The predicted octanol–water partition coefficient (Wildman–Crippen LogP) is 4.05. The van der Waals surface area contributed by atoms with Crippen molar-refractivity contribution in [3.05, 3.63) is 27.8 Å². The maximum Gasteiger partial charge on any atom is 0.415 e. The van der Waals surface area contributed by atoms with Gasteiger partial charge in [-0.15, -0.1) is 0 Å². The molecule has 0 heterocycles. The Hall–Kier alpha value is -0.820. The first-order valence-corrected chi connectivity index (χ1v) is 8.48. The number of para-hydroxylation sites is 1. The molecule has 0 atom stereocenters. The molecule has 0 radical (unpaired) electrons. The van der Waals surface area contributed by atoms with Crippen LogP contribution >= 0.6 is 22.6 Å². The van der Waals surface area contributed by atoms with Crippen molar-refractivity contribution in [3.8, 4) is 5.75 Å². The Morgan fingerprint density at radius 3 is 2.52 bits per heavy atom. The maximum atomic E-state index is 12.3. The summed E-state index contributed by atoms with van der Waals surface area (Å²) in [4.78, 5) is 14.0. The van der Waals surface area contributed by atoms with Gasteiger partial charge in [0, 0.05) is 19.2 Å². The second kappa shape index (κ2) is 10.00. The zero-order chi connectivity index (χ0) is 15.7. The lowest BCUT2D eigenvalue weighted by Crippen LogP contribution is -2.39. The molecule has 118 valence electrons. The van der Waals surface area contributed by atoms with Gasteiger partial charge < -0.3 is 14.7 Å². The number of hydrogen-bond donors (Lipinski definition) is 1. The molecule has 0 aromatic heterocycles. The first kappa shape index (κ1) is 18.2. The van der Waals surface area contributed by atoms with Crippen molar-refractivity contribution in [2.24, 2.45) is 0 Å². The molecule has 1 N–H and O–H groups in total.